The molecule has 3 aromatic rings. The number of hydrogen-bond donors (Lipinski definition) is 3. The van der Waals surface area contributed by atoms with Gasteiger partial charge in [-0.2, -0.15) is 0 Å². The molecule has 174 valence electrons. The fourth-order valence-corrected chi connectivity index (χ4v) is 4.65. The number of alkyl halides is 2. The molecule has 0 aliphatic carbocycles. The minimum atomic E-state index is -3.07. The summed E-state index contributed by atoms with van der Waals surface area (Å²) in [6.45, 7) is 2.06. The molecule has 10 heteroatoms. The number of likely N-dealkylation sites (tertiary alicyclic amines) is 1. The predicted octanol–water partition coefficient (Wildman–Crippen LogP) is 5.75. The van der Waals surface area contributed by atoms with Crippen LogP contribution in [0.25, 0.3) is 10.9 Å². The van der Waals surface area contributed by atoms with Gasteiger partial charge in [0.2, 0.25) is 0 Å². The maximum Gasteiger partial charge on any atom is 0.407 e. The lowest BCUT2D eigenvalue weighted by molar-refractivity contribution is -0.0836. The summed E-state index contributed by atoms with van der Waals surface area (Å²) in [5.41, 5.74) is 0.951. The van der Waals surface area contributed by atoms with E-state index in [1.54, 1.807) is 18.2 Å². The summed E-state index contributed by atoms with van der Waals surface area (Å²) in [5.74, 6) is -3.51. The van der Waals surface area contributed by atoms with Gasteiger partial charge in [0.15, 0.2) is 0 Å². The fourth-order valence-electron chi connectivity index (χ4n) is 4.20. The number of phenolic OH excluding ortho intramolecular Hbond substituents is 1. The number of nitrogens with zero attached hydrogens (tertiary/aromatic N) is 3. The van der Waals surface area contributed by atoms with E-state index in [-0.39, 0.29) is 43.3 Å². The molecule has 1 aromatic heterocycles. The number of nitrogens with one attached hydrogen (secondary N) is 1. The number of rotatable bonds is 5. The molecule has 7 nitrogen and oxygen atoms in total. The maximum atomic E-state index is 15.3. The highest BCUT2D eigenvalue weighted by Crippen LogP contribution is 2.42. The Morgan fingerprint density at radius 1 is 1.24 bits per heavy atom. The van der Waals surface area contributed by atoms with Crippen LogP contribution >= 0.6 is 15.9 Å². The number of aromatic nitrogens is 2. The van der Waals surface area contributed by atoms with Gasteiger partial charge in [0.05, 0.1) is 0 Å². The number of amides is 1. The Hall–Kier alpha value is -3.01. The average Bonchev–Trinajstić information content (AvgIpc) is 2.79. The molecule has 2 heterocycles. The second-order valence-corrected chi connectivity index (χ2v) is 9.12. The highest BCUT2D eigenvalue weighted by atomic mass is 79.9. The van der Waals surface area contributed by atoms with Crippen LogP contribution in [0.15, 0.2) is 47.2 Å². The topological polar surface area (TPSA) is 98.6 Å². The van der Waals surface area contributed by atoms with E-state index in [2.05, 4.69) is 31.2 Å². The van der Waals surface area contributed by atoms with Crippen LogP contribution in [0.4, 0.5) is 19.4 Å². The van der Waals surface area contributed by atoms with Crippen molar-refractivity contribution < 1.29 is 23.8 Å². The molecule has 0 radical (unpaired) electrons. The summed E-state index contributed by atoms with van der Waals surface area (Å²) < 4.78 is 31.3. The van der Waals surface area contributed by atoms with Gasteiger partial charge >= 0.3 is 6.09 Å². The van der Waals surface area contributed by atoms with Gasteiger partial charge in [-0.3, -0.25) is 0 Å². The summed E-state index contributed by atoms with van der Waals surface area (Å²) >= 11 is 3.35. The second-order valence-electron chi connectivity index (χ2n) is 8.20. The first-order valence-corrected chi connectivity index (χ1v) is 11.3. The van der Waals surface area contributed by atoms with Gasteiger partial charge in [-0.05, 0) is 43.5 Å². The highest BCUT2D eigenvalue weighted by molar-refractivity contribution is 9.10. The predicted molar refractivity (Wildman–Crippen MR) is 124 cm³/mol. The number of piperidine rings is 1. The average molecular weight is 521 g/mol. The molecular weight excluding hydrogens is 498 g/mol. The molecule has 33 heavy (non-hydrogen) atoms. The van der Waals surface area contributed by atoms with Gasteiger partial charge in [-0.25, -0.2) is 23.5 Å². The molecule has 1 amide bonds. The third-order valence-corrected chi connectivity index (χ3v) is 6.54. The minimum absolute atomic E-state index is 0.00747. The number of benzene rings is 2. The maximum absolute atomic E-state index is 15.3. The molecule has 4 rings (SSSR count). The molecule has 1 aliphatic rings. The van der Waals surface area contributed by atoms with Crippen molar-refractivity contribution in [1.29, 1.82) is 0 Å². The van der Waals surface area contributed by atoms with Crippen LogP contribution in [0, 0.1) is 5.92 Å². The standard InChI is InChI=1S/C23H23BrF2N4O3/c1-13(29-21-18-10-17(24)11-19(31)20(18)27-12-28-21)14-3-2-4-16(9-14)23(25,26)15-5-7-30(8-6-15)22(32)33/h2-4,9-13,15,31H,5-8H2,1H3,(H,32,33)(H,27,28,29). The molecule has 1 saturated heterocycles. The monoisotopic (exact) mass is 520 g/mol. The van der Waals surface area contributed by atoms with Gasteiger partial charge < -0.3 is 20.4 Å². The molecular formula is C23H23BrF2N4O3. The molecule has 0 spiro atoms. The van der Waals surface area contributed by atoms with E-state index in [1.807, 2.05) is 6.92 Å². The van der Waals surface area contributed by atoms with Crippen LogP contribution in [-0.2, 0) is 5.92 Å². The van der Waals surface area contributed by atoms with E-state index in [9.17, 15) is 9.90 Å². The molecule has 0 saturated carbocycles. The lowest BCUT2D eigenvalue weighted by atomic mass is 9.85. The fraction of sp³-hybridized carbons (Fsp3) is 0.348. The number of carboxylic acid groups (broad SMARTS) is 1. The Morgan fingerprint density at radius 2 is 1.97 bits per heavy atom. The Bertz CT molecular complexity index is 1190. The van der Waals surface area contributed by atoms with Gasteiger partial charge in [0.1, 0.15) is 23.4 Å². The van der Waals surface area contributed by atoms with E-state index < -0.39 is 17.9 Å². The highest BCUT2D eigenvalue weighted by Gasteiger charge is 2.43. The van der Waals surface area contributed by atoms with Crippen LogP contribution in [0.5, 0.6) is 5.75 Å². The van der Waals surface area contributed by atoms with Crippen molar-refractivity contribution >= 4 is 38.7 Å². The van der Waals surface area contributed by atoms with Crippen LogP contribution in [0.3, 0.4) is 0 Å². The van der Waals surface area contributed by atoms with E-state index in [1.165, 1.54) is 29.4 Å². The van der Waals surface area contributed by atoms with Crippen molar-refractivity contribution in [2.75, 3.05) is 18.4 Å². The van der Waals surface area contributed by atoms with E-state index in [4.69, 9.17) is 5.11 Å². The number of fused-ring (bicyclic) bond motifs is 1. The Kier molecular flexibility index (Phi) is 6.38. The van der Waals surface area contributed by atoms with Crippen LogP contribution in [-0.4, -0.2) is 44.3 Å². The lowest BCUT2D eigenvalue weighted by Gasteiger charge is -2.35. The zero-order valence-corrected chi connectivity index (χ0v) is 19.4. The van der Waals surface area contributed by atoms with Gasteiger partial charge in [0, 0.05) is 40.5 Å². The molecule has 0 bridgehead atoms. The molecule has 1 fully saturated rings. The van der Waals surface area contributed by atoms with Crippen molar-refractivity contribution in [1.82, 2.24) is 14.9 Å². The first-order chi connectivity index (χ1) is 15.7. The van der Waals surface area contributed by atoms with Gasteiger partial charge in [-0.1, -0.05) is 34.1 Å². The molecule has 2 aromatic carbocycles. The van der Waals surface area contributed by atoms with Crippen molar-refractivity contribution in [3.63, 3.8) is 0 Å². The number of phenols is 1. The van der Waals surface area contributed by atoms with Crippen LogP contribution in [0.1, 0.15) is 36.9 Å². The van der Waals surface area contributed by atoms with Gasteiger partial charge in [0.25, 0.3) is 5.92 Å². The summed E-state index contributed by atoms with van der Waals surface area (Å²) in [5, 5.41) is 23.1. The summed E-state index contributed by atoms with van der Waals surface area (Å²) in [6.07, 6.45) is 0.487. The lowest BCUT2D eigenvalue weighted by Crippen LogP contribution is -2.41. The Balaban J connectivity index is 1.56. The van der Waals surface area contributed by atoms with Gasteiger partial charge in [-0.15, -0.1) is 0 Å². The minimum Gasteiger partial charge on any atom is -0.506 e. The molecule has 3 N–H and O–H groups in total. The van der Waals surface area contributed by atoms with E-state index in [0.717, 1.165) is 0 Å². The summed E-state index contributed by atoms with van der Waals surface area (Å²) in [6, 6.07) is 9.22. The largest absolute Gasteiger partial charge is 0.506 e. The van der Waals surface area contributed by atoms with E-state index >= 15 is 8.78 Å². The normalized spacial score (nSPS) is 16.1. The SMILES string of the molecule is CC(Nc1ncnc2c(O)cc(Br)cc12)c1cccc(C(F)(F)C2CCN(C(=O)O)CC2)c1. The van der Waals surface area contributed by atoms with Crippen LogP contribution < -0.4 is 5.32 Å². The van der Waals surface area contributed by atoms with Crippen molar-refractivity contribution in [3.8, 4) is 5.75 Å². The van der Waals surface area contributed by atoms with Crippen molar-refractivity contribution in [3.05, 3.63) is 58.3 Å². The number of carbonyl (C=O) groups is 1. The Labute approximate surface area is 197 Å². The number of aromatic hydroxyl groups is 1. The number of halogens is 3. The third kappa shape index (κ3) is 4.71. The number of hydrogen-bond acceptors (Lipinski definition) is 5. The molecule has 1 unspecified atom stereocenters. The Morgan fingerprint density at radius 3 is 2.67 bits per heavy atom. The zero-order chi connectivity index (χ0) is 23.8. The van der Waals surface area contributed by atoms with Crippen LogP contribution in [0.2, 0.25) is 0 Å². The summed E-state index contributed by atoms with van der Waals surface area (Å²) in [4.78, 5) is 20.6. The smallest absolute Gasteiger partial charge is 0.407 e. The van der Waals surface area contributed by atoms with Crippen molar-refractivity contribution in [2.24, 2.45) is 5.92 Å². The molecule has 1 atom stereocenters. The summed E-state index contributed by atoms with van der Waals surface area (Å²) in [7, 11) is 0. The first-order valence-electron chi connectivity index (χ1n) is 10.5. The third-order valence-electron chi connectivity index (χ3n) is 6.09. The second kappa shape index (κ2) is 9.09. The first kappa shape index (κ1) is 23.2. The zero-order valence-electron chi connectivity index (χ0n) is 17.8. The quantitative estimate of drug-likeness (QED) is 0.396. The van der Waals surface area contributed by atoms with E-state index in [0.29, 0.717) is 26.8 Å². The molecule has 1 aliphatic heterocycles. The van der Waals surface area contributed by atoms with Crippen molar-refractivity contribution in [2.45, 2.75) is 31.7 Å². The number of anilines is 1.